The third-order valence-corrected chi connectivity index (χ3v) is 4.73. The molecule has 1 aromatic heterocycles. The molecule has 1 saturated carbocycles. The van der Waals surface area contributed by atoms with Crippen LogP contribution < -0.4 is 10.0 Å². The highest BCUT2D eigenvalue weighted by Crippen LogP contribution is 2.37. The van der Waals surface area contributed by atoms with E-state index in [1.807, 2.05) is 20.8 Å². The second kappa shape index (κ2) is 5.64. The van der Waals surface area contributed by atoms with Crippen LogP contribution in [0, 0.1) is 0 Å². The summed E-state index contributed by atoms with van der Waals surface area (Å²) in [5, 5.41) is 3.26. The number of hydrogen-bond acceptors (Lipinski definition) is 3. The first-order valence-electron chi connectivity index (χ1n) is 6.88. The van der Waals surface area contributed by atoms with Gasteiger partial charge in [0.2, 0.25) is 10.0 Å². The minimum absolute atomic E-state index is 0.0912. The fourth-order valence-electron chi connectivity index (χ4n) is 2.11. The van der Waals surface area contributed by atoms with Crippen molar-refractivity contribution in [1.82, 2.24) is 14.6 Å². The van der Waals surface area contributed by atoms with E-state index in [1.54, 1.807) is 12.3 Å². The fourth-order valence-corrected chi connectivity index (χ4v) is 3.41. The van der Waals surface area contributed by atoms with E-state index in [2.05, 4.69) is 14.6 Å². The lowest BCUT2D eigenvalue weighted by Gasteiger charge is -2.07. The molecule has 0 unspecified atom stereocenters. The van der Waals surface area contributed by atoms with Crippen molar-refractivity contribution >= 4 is 10.0 Å². The normalized spacial score (nSPS) is 16.2. The predicted molar refractivity (Wildman–Crippen MR) is 75.5 cm³/mol. The van der Waals surface area contributed by atoms with Crippen LogP contribution in [0.5, 0.6) is 0 Å². The van der Waals surface area contributed by atoms with Crippen LogP contribution in [0.25, 0.3) is 0 Å². The summed E-state index contributed by atoms with van der Waals surface area (Å²) in [7, 11) is -3.39. The van der Waals surface area contributed by atoms with Crippen molar-refractivity contribution in [3.8, 4) is 0 Å². The Labute approximate surface area is 115 Å². The summed E-state index contributed by atoms with van der Waals surface area (Å²) in [5.41, 5.74) is 1.05. The Balaban J connectivity index is 2.26. The summed E-state index contributed by atoms with van der Waals surface area (Å²) in [6.07, 6.45) is 4.06. The first-order chi connectivity index (χ1) is 8.94. The van der Waals surface area contributed by atoms with E-state index < -0.39 is 10.0 Å². The summed E-state index contributed by atoms with van der Waals surface area (Å²) < 4.78 is 29.1. The molecule has 0 bridgehead atoms. The van der Waals surface area contributed by atoms with E-state index in [0.29, 0.717) is 17.5 Å². The van der Waals surface area contributed by atoms with Gasteiger partial charge in [0.1, 0.15) is 0 Å². The lowest BCUT2D eigenvalue weighted by atomic mass is 10.4. The number of aromatic nitrogens is 1. The second-order valence-electron chi connectivity index (χ2n) is 5.36. The van der Waals surface area contributed by atoms with Gasteiger partial charge in [0.25, 0.3) is 0 Å². The Morgan fingerprint density at radius 2 is 2.11 bits per heavy atom. The van der Waals surface area contributed by atoms with Crippen molar-refractivity contribution in [3.05, 3.63) is 18.0 Å². The van der Waals surface area contributed by atoms with Gasteiger partial charge in [-0.05, 0) is 39.3 Å². The second-order valence-corrected chi connectivity index (χ2v) is 7.08. The average Bonchev–Trinajstić information content (AvgIpc) is 3.05. The Kier molecular flexibility index (Phi) is 4.32. The Hall–Kier alpha value is -0.850. The molecule has 1 aromatic rings. The minimum atomic E-state index is -3.39. The molecule has 1 fully saturated rings. The Bertz CT molecular complexity index is 530. The summed E-state index contributed by atoms with van der Waals surface area (Å²) in [5.74, 6) is 0. The van der Waals surface area contributed by atoms with E-state index in [4.69, 9.17) is 0 Å². The van der Waals surface area contributed by atoms with Crippen LogP contribution in [0.2, 0.25) is 0 Å². The highest BCUT2D eigenvalue weighted by molar-refractivity contribution is 7.89. The molecule has 108 valence electrons. The van der Waals surface area contributed by atoms with Crippen LogP contribution in [0.15, 0.2) is 17.2 Å². The highest BCUT2D eigenvalue weighted by atomic mass is 32.2. The molecule has 0 atom stereocenters. The van der Waals surface area contributed by atoms with Crippen molar-refractivity contribution in [2.24, 2.45) is 0 Å². The molecule has 5 nitrogen and oxygen atoms in total. The van der Waals surface area contributed by atoms with Gasteiger partial charge in [-0.1, -0.05) is 6.92 Å². The maximum Gasteiger partial charge on any atom is 0.242 e. The highest BCUT2D eigenvalue weighted by Gasteiger charge is 2.28. The maximum atomic E-state index is 12.2. The molecule has 2 rings (SSSR count). The molecular formula is C13H23N3O2S. The molecule has 19 heavy (non-hydrogen) atoms. The first kappa shape index (κ1) is 14.6. The van der Waals surface area contributed by atoms with Gasteiger partial charge >= 0.3 is 0 Å². The van der Waals surface area contributed by atoms with E-state index in [1.165, 1.54) is 0 Å². The molecule has 0 amide bonds. The van der Waals surface area contributed by atoms with E-state index >= 15 is 0 Å². The molecule has 2 N–H and O–H groups in total. The van der Waals surface area contributed by atoms with E-state index in [-0.39, 0.29) is 6.04 Å². The zero-order valence-electron chi connectivity index (χ0n) is 11.8. The molecule has 1 aliphatic carbocycles. The van der Waals surface area contributed by atoms with Crippen LogP contribution in [0.4, 0.5) is 0 Å². The van der Waals surface area contributed by atoms with Crippen molar-refractivity contribution < 1.29 is 8.42 Å². The lowest BCUT2D eigenvalue weighted by molar-refractivity contribution is 0.569. The molecule has 0 radical (unpaired) electrons. The maximum absolute atomic E-state index is 12.2. The topological polar surface area (TPSA) is 63.1 Å². The predicted octanol–water partition coefficient (Wildman–Crippen LogP) is 1.62. The molecule has 0 aromatic carbocycles. The van der Waals surface area contributed by atoms with Gasteiger partial charge in [-0.3, -0.25) is 0 Å². The number of hydrogen-bond donors (Lipinski definition) is 2. The van der Waals surface area contributed by atoms with Crippen LogP contribution in [0.3, 0.4) is 0 Å². The van der Waals surface area contributed by atoms with Crippen molar-refractivity contribution in [2.45, 2.75) is 57.1 Å². The van der Waals surface area contributed by atoms with Gasteiger partial charge in [0.05, 0.1) is 4.90 Å². The van der Waals surface area contributed by atoms with E-state index in [0.717, 1.165) is 25.1 Å². The van der Waals surface area contributed by atoms with Gasteiger partial charge in [-0.2, -0.15) is 0 Å². The third kappa shape index (κ3) is 3.58. The van der Waals surface area contributed by atoms with Crippen molar-refractivity contribution in [1.29, 1.82) is 0 Å². The summed E-state index contributed by atoms with van der Waals surface area (Å²) >= 11 is 0. The molecule has 0 saturated heterocycles. The van der Waals surface area contributed by atoms with Gasteiger partial charge < -0.3 is 9.88 Å². The largest absolute Gasteiger partial charge is 0.346 e. The van der Waals surface area contributed by atoms with E-state index in [9.17, 15) is 8.42 Å². The minimum Gasteiger partial charge on any atom is -0.346 e. The molecule has 6 heteroatoms. The molecule has 0 spiro atoms. The number of rotatable bonds is 7. The zero-order chi connectivity index (χ0) is 14.0. The van der Waals surface area contributed by atoms with Crippen LogP contribution in [-0.4, -0.2) is 25.6 Å². The van der Waals surface area contributed by atoms with Crippen LogP contribution in [0.1, 0.15) is 45.3 Å². The first-order valence-corrected chi connectivity index (χ1v) is 8.36. The quantitative estimate of drug-likeness (QED) is 0.800. The zero-order valence-corrected chi connectivity index (χ0v) is 12.6. The smallest absolute Gasteiger partial charge is 0.242 e. The number of nitrogens with zero attached hydrogens (tertiary/aromatic N) is 1. The molecule has 1 heterocycles. The average molecular weight is 285 g/mol. The van der Waals surface area contributed by atoms with Gasteiger partial charge in [0, 0.05) is 30.5 Å². The lowest BCUT2D eigenvalue weighted by Crippen LogP contribution is -2.29. The Morgan fingerprint density at radius 3 is 2.63 bits per heavy atom. The number of sulfonamides is 1. The van der Waals surface area contributed by atoms with Crippen molar-refractivity contribution in [2.75, 3.05) is 6.54 Å². The van der Waals surface area contributed by atoms with Gasteiger partial charge in [0.15, 0.2) is 0 Å². The van der Waals surface area contributed by atoms with Gasteiger partial charge in [-0.15, -0.1) is 0 Å². The standard InChI is InChI=1S/C13H23N3O2S/c1-4-14-8-12-7-13(9-16(12)11-5-6-11)19(17,18)15-10(2)3/h7,9-11,14-15H,4-6,8H2,1-3H3. The molecule has 0 aliphatic heterocycles. The third-order valence-electron chi connectivity index (χ3n) is 3.10. The summed E-state index contributed by atoms with van der Waals surface area (Å²) in [6, 6.07) is 2.18. The summed E-state index contributed by atoms with van der Waals surface area (Å²) in [4.78, 5) is 0.376. The number of nitrogens with one attached hydrogen (secondary N) is 2. The monoisotopic (exact) mass is 285 g/mol. The summed E-state index contributed by atoms with van der Waals surface area (Å²) in [6.45, 7) is 7.29. The molecule has 1 aliphatic rings. The van der Waals surface area contributed by atoms with Gasteiger partial charge in [-0.25, -0.2) is 13.1 Å². The van der Waals surface area contributed by atoms with Crippen LogP contribution >= 0.6 is 0 Å². The molecular weight excluding hydrogens is 262 g/mol. The Morgan fingerprint density at radius 1 is 1.42 bits per heavy atom. The van der Waals surface area contributed by atoms with Crippen molar-refractivity contribution in [3.63, 3.8) is 0 Å². The fraction of sp³-hybridized carbons (Fsp3) is 0.692. The van der Waals surface area contributed by atoms with Crippen LogP contribution in [-0.2, 0) is 16.6 Å². The SMILES string of the molecule is CCNCc1cc(S(=O)(=O)NC(C)C)cn1C1CC1.